The average molecular weight is 407 g/mol. The summed E-state index contributed by atoms with van der Waals surface area (Å²) in [5.41, 5.74) is 3.54. The van der Waals surface area contributed by atoms with Crippen LogP contribution in [0.3, 0.4) is 0 Å². The molecular formula is C19H22N2O4S2. The van der Waals surface area contributed by atoms with Crippen molar-refractivity contribution in [3.63, 3.8) is 0 Å². The summed E-state index contributed by atoms with van der Waals surface area (Å²) in [6, 6.07) is 9.49. The molecule has 4 rings (SSSR count). The Bertz CT molecular complexity index is 1120. The number of nitrogens with two attached hydrogens (primary N) is 1. The van der Waals surface area contributed by atoms with E-state index in [-0.39, 0.29) is 10.9 Å². The lowest BCUT2D eigenvalue weighted by Crippen LogP contribution is -2.35. The van der Waals surface area contributed by atoms with Crippen molar-refractivity contribution in [3.8, 4) is 0 Å². The number of fused-ring (bicyclic) bond motifs is 2. The maximum absolute atomic E-state index is 13.4. The molecule has 1 atom stereocenters. The van der Waals surface area contributed by atoms with Crippen LogP contribution in [0.15, 0.2) is 46.2 Å². The summed E-state index contributed by atoms with van der Waals surface area (Å²) in [7, 11) is -7.56. The molecule has 1 heterocycles. The maximum Gasteiger partial charge on any atom is 0.264 e. The highest BCUT2D eigenvalue weighted by Gasteiger charge is 2.37. The largest absolute Gasteiger partial charge is 0.264 e. The Labute approximate surface area is 160 Å². The van der Waals surface area contributed by atoms with Gasteiger partial charge in [-0.15, -0.1) is 0 Å². The highest BCUT2D eigenvalue weighted by molar-refractivity contribution is 7.93. The molecule has 0 saturated heterocycles. The van der Waals surface area contributed by atoms with Gasteiger partial charge >= 0.3 is 0 Å². The van der Waals surface area contributed by atoms with Crippen molar-refractivity contribution < 1.29 is 16.8 Å². The maximum atomic E-state index is 13.4. The molecule has 2 N–H and O–H groups in total. The Morgan fingerprint density at radius 1 is 0.889 bits per heavy atom. The van der Waals surface area contributed by atoms with Gasteiger partial charge in [-0.05, 0) is 86.1 Å². The van der Waals surface area contributed by atoms with Crippen LogP contribution in [0, 0.1) is 0 Å². The van der Waals surface area contributed by atoms with E-state index >= 15 is 0 Å². The lowest BCUT2D eigenvalue weighted by Gasteiger charge is -2.25. The van der Waals surface area contributed by atoms with Crippen LogP contribution in [0.2, 0.25) is 0 Å². The minimum atomic E-state index is -3.83. The summed E-state index contributed by atoms with van der Waals surface area (Å²) in [6.07, 6.45) is 4.57. The van der Waals surface area contributed by atoms with Crippen molar-refractivity contribution in [2.24, 2.45) is 5.14 Å². The number of anilines is 1. The molecule has 1 aliphatic carbocycles. The molecule has 2 aliphatic rings. The molecule has 0 bridgehead atoms. The predicted octanol–water partition coefficient (Wildman–Crippen LogP) is 2.35. The predicted molar refractivity (Wildman–Crippen MR) is 104 cm³/mol. The molecular weight excluding hydrogens is 384 g/mol. The molecule has 8 heteroatoms. The summed E-state index contributed by atoms with van der Waals surface area (Å²) in [5.74, 6) is 0. The SMILES string of the molecule is CC1Cc2cc(S(N)(=O)=O)ccc2N1S(=O)(=O)c1ccc2c(c1)CCCC2. The Hall–Kier alpha value is -1.90. The molecule has 2 aromatic carbocycles. The van der Waals surface area contributed by atoms with E-state index in [2.05, 4.69) is 0 Å². The fourth-order valence-corrected chi connectivity index (χ4v) is 6.41. The van der Waals surface area contributed by atoms with Gasteiger partial charge in [0.1, 0.15) is 0 Å². The lowest BCUT2D eigenvalue weighted by molar-refractivity contribution is 0.583. The van der Waals surface area contributed by atoms with Gasteiger partial charge in [-0.3, -0.25) is 4.31 Å². The number of benzene rings is 2. The number of primary sulfonamides is 1. The zero-order valence-corrected chi connectivity index (χ0v) is 16.7. The third-order valence-corrected chi connectivity index (χ3v) is 8.24. The second kappa shape index (κ2) is 6.32. The molecule has 0 radical (unpaired) electrons. The summed E-state index contributed by atoms with van der Waals surface area (Å²) >= 11 is 0. The molecule has 0 amide bonds. The molecule has 0 fully saturated rings. The van der Waals surface area contributed by atoms with Gasteiger partial charge in [0, 0.05) is 6.04 Å². The molecule has 27 heavy (non-hydrogen) atoms. The van der Waals surface area contributed by atoms with E-state index in [9.17, 15) is 16.8 Å². The van der Waals surface area contributed by atoms with Crippen molar-refractivity contribution in [3.05, 3.63) is 53.1 Å². The van der Waals surface area contributed by atoms with Crippen molar-refractivity contribution >= 4 is 25.7 Å². The highest BCUT2D eigenvalue weighted by Crippen LogP contribution is 2.38. The monoisotopic (exact) mass is 406 g/mol. The summed E-state index contributed by atoms with van der Waals surface area (Å²) < 4.78 is 51.3. The van der Waals surface area contributed by atoms with Gasteiger partial charge in [-0.1, -0.05) is 6.07 Å². The van der Waals surface area contributed by atoms with Crippen molar-refractivity contribution in [1.29, 1.82) is 0 Å². The Kier molecular flexibility index (Phi) is 4.32. The van der Waals surface area contributed by atoms with Crippen molar-refractivity contribution in [2.75, 3.05) is 4.31 Å². The van der Waals surface area contributed by atoms with E-state index in [1.807, 2.05) is 13.0 Å². The third kappa shape index (κ3) is 3.15. The van der Waals surface area contributed by atoms with E-state index in [0.29, 0.717) is 22.6 Å². The lowest BCUT2D eigenvalue weighted by atomic mass is 9.92. The van der Waals surface area contributed by atoms with Gasteiger partial charge in [0.15, 0.2) is 0 Å². The third-order valence-electron chi connectivity index (χ3n) is 5.41. The summed E-state index contributed by atoms with van der Waals surface area (Å²) in [4.78, 5) is 0.292. The van der Waals surface area contributed by atoms with Crippen LogP contribution in [0.4, 0.5) is 5.69 Å². The normalized spacial score (nSPS) is 19.6. The first kappa shape index (κ1) is 18.5. The van der Waals surface area contributed by atoms with E-state index in [1.165, 1.54) is 28.1 Å². The second-order valence-electron chi connectivity index (χ2n) is 7.33. The van der Waals surface area contributed by atoms with E-state index in [4.69, 9.17) is 5.14 Å². The average Bonchev–Trinajstić information content (AvgIpc) is 2.96. The molecule has 1 aliphatic heterocycles. The van der Waals surface area contributed by atoms with E-state index in [1.54, 1.807) is 12.1 Å². The Balaban J connectivity index is 1.77. The smallest absolute Gasteiger partial charge is 0.263 e. The van der Waals surface area contributed by atoms with Crippen LogP contribution in [0.25, 0.3) is 0 Å². The van der Waals surface area contributed by atoms with Crippen molar-refractivity contribution in [1.82, 2.24) is 0 Å². The summed E-state index contributed by atoms with van der Waals surface area (Å²) in [5, 5.41) is 5.20. The van der Waals surface area contributed by atoms with Crippen LogP contribution < -0.4 is 9.44 Å². The van der Waals surface area contributed by atoms with Gasteiger partial charge in [0.25, 0.3) is 10.0 Å². The molecule has 0 spiro atoms. The molecule has 2 aromatic rings. The van der Waals surface area contributed by atoms with Gasteiger partial charge in [-0.2, -0.15) is 0 Å². The number of rotatable bonds is 3. The van der Waals surface area contributed by atoms with Crippen LogP contribution in [-0.2, 0) is 39.3 Å². The number of hydrogen-bond donors (Lipinski definition) is 1. The number of hydrogen-bond acceptors (Lipinski definition) is 4. The van der Waals surface area contributed by atoms with Crippen LogP contribution in [0.5, 0.6) is 0 Å². The number of sulfonamides is 2. The van der Waals surface area contributed by atoms with E-state index < -0.39 is 20.0 Å². The zero-order chi connectivity index (χ0) is 19.4. The number of aryl methyl sites for hydroxylation is 2. The minimum absolute atomic E-state index is 0.00137. The van der Waals surface area contributed by atoms with Gasteiger partial charge in [-0.25, -0.2) is 22.0 Å². The highest BCUT2D eigenvalue weighted by atomic mass is 32.2. The molecule has 1 unspecified atom stereocenters. The quantitative estimate of drug-likeness (QED) is 0.846. The standard InChI is InChI=1S/C19H22N2O4S2/c1-13-10-16-12-17(26(20,22)23)8-9-19(16)21(13)27(24,25)18-7-6-14-4-2-3-5-15(14)11-18/h6-9,11-13H,2-5,10H2,1H3,(H2,20,22,23). The van der Waals surface area contributed by atoms with Crippen LogP contribution in [-0.4, -0.2) is 22.9 Å². The topological polar surface area (TPSA) is 97.5 Å². The first-order valence-corrected chi connectivity index (χ1v) is 12.0. The van der Waals surface area contributed by atoms with Crippen LogP contribution in [0.1, 0.15) is 36.5 Å². The van der Waals surface area contributed by atoms with Crippen molar-refractivity contribution in [2.45, 2.75) is 54.9 Å². The number of nitrogens with zero attached hydrogens (tertiary/aromatic N) is 1. The first-order valence-electron chi connectivity index (χ1n) is 9.00. The molecule has 0 aromatic heterocycles. The molecule has 6 nitrogen and oxygen atoms in total. The molecule has 0 saturated carbocycles. The van der Waals surface area contributed by atoms with Gasteiger partial charge in [0.2, 0.25) is 10.0 Å². The second-order valence-corrected chi connectivity index (χ2v) is 10.7. The fraction of sp³-hybridized carbons (Fsp3) is 0.368. The Morgan fingerprint density at radius 2 is 1.52 bits per heavy atom. The fourth-order valence-electron chi connectivity index (χ4n) is 4.11. The van der Waals surface area contributed by atoms with Crippen LogP contribution >= 0.6 is 0 Å². The molecule has 144 valence electrons. The Morgan fingerprint density at radius 3 is 2.22 bits per heavy atom. The van der Waals surface area contributed by atoms with Gasteiger partial charge < -0.3 is 0 Å². The van der Waals surface area contributed by atoms with E-state index in [0.717, 1.165) is 31.2 Å². The van der Waals surface area contributed by atoms with Gasteiger partial charge in [0.05, 0.1) is 15.5 Å². The minimum Gasteiger partial charge on any atom is -0.263 e. The first-order chi connectivity index (χ1) is 12.7. The summed E-state index contributed by atoms with van der Waals surface area (Å²) in [6.45, 7) is 1.83. The zero-order valence-electron chi connectivity index (χ0n) is 15.1.